The first-order valence-corrected chi connectivity index (χ1v) is 6.59. The van der Waals surface area contributed by atoms with Crippen LogP contribution in [0.15, 0.2) is 18.3 Å². The number of aromatic carboxylic acids is 1. The van der Waals surface area contributed by atoms with Gasteiger partial charge in [-0.05, 0) is 25.5 Å². The maximum Gasteiger partial charge on any atom is 0.347 e. The second kappa shape index (κ2) is 5.27. The summed E-state index contributed by atoms with van der Waals surface area (Å²) in [6, 6.07) is 3.82. The molecule has 2 aromatic heterocycles. The molecule has 0 saturated heterocycles. The number of pyridine rings is 1. The summed E-state index contributed by atoms with van der Waals surface area (Å²) in [6.45, 7) is 3.93. The molecule has 0 amide bonds. The Morgan fingerprint density at radius 1 is 1.44 bits per heavy atom. The zero-order valence-electron chi connectivity index (χ0n) is 10.3. The van der Waals surface area contributed by atoms with Crippen LogP contribution in [0, 0.1) is 6.92 Å². The number of thiazole rings is 1. The van der Waals surface area contributed by atoms with Gasteiger partial charge in [0, 0.05) is 17.5 Å². The molecule has 0 fully saturated rings. The van der Waals surface area contributed by atoms with E-state index in [1.807, 2.05) is 26.0 Å². The second-order valence-electron chi connectivity index (χ2n) is 4.04. The lowest BCUT2D eigenvalue weighted by Gasteiger charge is -1.95. The predicted molar refractivity (Wildman–Crippen MR) is 71.0 cm³/mol. The van der Waals surface area contributed by atoms with E-state index in [0.717, 1.165) is 22.7 Å². The number of aryl methyl sites for hydroxylation is 2. The average Bonchev–Trinajstić information content (AvgIpc) is 2.75. The van der Waals surface area contributed by atoms with E-state index in [1.54, 1.807) is 6.20 Å². The molecule has 0 atom stereocenters. The molecular formula is C13H14N2O2S. The zero-order valence-corrected chi connectivity index (χ0v) is 11.1. The number of rotatable bonds is 4. The third kappa shape index (κ3) is 2.56. The van der Waals surface area contributed by atoms with Crippen LogP contribution in [0.2, 0.25) is 0 Å². The molecule has 2 aromatic rings. The zero-order chi connectivity index (χ0) is 13.1. The largest absolute Gasteiger partial charge is 0.477 e. The van der Waals surface area contributed by atoms with E-state index in [4.69, 9.17) is 5.11 Å². The quantitative estimate of drug-likeness (QED) is 0.919. The molecular weight excluding hydrogens is 248 g/mol. The van der Waals surface area contributed by atoms with Crippen LogP contribution in [-0.2, 0) is 6.42 Å². The van der Waals surface area contributed by atoms with Gasteiger partial charge in [-0.3, -0.25) is 4.98 Å². The molecule has 1 N–H and O–H groups in total. The number of nitrogens with zero attached hydrogens (tertiary/aromatic N) is 2. The van der Waals surface area contributed by atoms with E-state index >= 15 is 0 Å². The minimum atomic E-state index is -0.901. The summed E-state index contributed by atoms with van der Waals surface area (Å²) in [5.74, 6) is -0.901. The molecule has 2 heterocycles. The Kier molecular flexibility index (Phi) is 3.72. The van der Waals surface area contributed by atoms with Crippen molar-refractivity contribution in [3.05, 3.63) is 34.6 Å². The first kappa shape index (κ1) is 12.7. The molecule has 0 bridgehead atoms. The summed E-state index contributed by atoms with van der Waals surface area (Å²) < 4.78 is 0. The summed E-state index contributed by atoms with van der Waals surface area (Å²) >= 11 is 1.22. The second-order valence-corrected chi connectivity index (χ2v) is 5.04. The van der Waals surface area contributed by atoms with Crippen molar-refractivity contribution in [2.24, 2.45) is 0 Å². The number of hydrogen-bond acceptors (Lipinski definition) is 4. The van der Waals surface area contributed by atoms with Crippen molar-refractivity contribution in [2.45, 2.75) is 26.7 Å². The van der Waals surface area contributed by atoms with Crippen LogP contribution in [0.25, 0.3) is 10.6 Å². The highest BCUT2D eigenvalue weighted by molar-refractivity contribution is 7.17. The molecule has 0 radical (unpaired) electrons. The van der Waals surface area contributed by atoms with Crippen molar-refractivity contribution < 1.29 is 9.90 Å². The number of hydrogen-bond donors (Lipinski definition) is 1. The Hall–Kier alpha value is -1.75. The molecule has 0 aliphatic heterocycles. The van der Waals surface area contributed by atoms with E-state index in [1.165, 1.54) is 11.3 Å². The summed E-state index contributed by atoms with van der Waals surface area (Å²) in [7, 11) is 0. The maximum absolute atomic E-state index is 11.2. The smallest absolute Gasteiger partial charge is 0.347 e. The van der Waals surface area contributed by atoms with E-state index in [9.17, 15) is 4.79 Å². The van der Waals surface area contributed by atoms with Gasteiger partial charge in [0.1, 0.15) is 9.88 Å². The molecule has 0 unspecified atom stereocenters. The van der Waals surface area contributed by atoms with Crippen LogP contribution >= 0.6 is 11.3 Å². The Balaban J connectivity index is 2.42. The van der Waals surface area contributed by atoms with Gasteiger partial charge in [0.25, 0.3) is 0 Å². The van der Waals surface area contributed by atoms with Crippen LogP contribution < -0.4 is 0 Å². The lowest BCUT2D eigenvalue weighted by atomic mass is 10.2. The van der Waals surface area contributed by atoms with Gasteiger partial charge in [-0.25, -0.2) is 9.78 Å². The van der Waals surface area contributed by atoms with Crippen LogP contribution in [0.1, 0.15) is 34.4 Å². The van der Waals surface area contributed by atoms with Gasteiger partial charge in [-0.15, -0.1) is 11.3 Å². The van der Waals surface area contributed by atoms with Gasteiger partial charge in [-0.2, -0.15) is 0 Å². The van der Waals surface area contributed by atoms with E-state index < -0.39 is 5.97 Å². The Morgan fingerprint density at radius 2 is 2.22 bits per heavy atom. The number of carboxylic acids is 1. The highest BCUT2D eigenvalue weighted by atomic mass is 32.1. The Labute approximate surface area is 109 Å². The van der Waals surface area contributed by atoms with Gasteiger partial charge < -0.3 is 5.11 Å². The summed E-state index contributed by atoms with van der Waals surface area (Å²) in [6.07, 6.45) is 3.31. The lowest BCUT2D eigenvalue weighted by Crippen LogP contribution is -1.98. The molecule has 2 rings (SSSR count). The fourth-order valence-corrected chi connectivity index (χ4v) is 2.58. The van der Waals surface area contributed by atoms with Crippen molar-refractivity contribution in [3.8, 4) is 10.6 Å². The van der Waals surface area contributed by atoms with Gasteiger partial charge in [-0.1, -0.05) is 13.3 Å². The normalized spacial score (nSPS) is 10.6. The molecule has 94 valence electrons. The van der Waals surface area contributed by atoms with Crippen molar-refractivity contribution in [2.75, 3.05) is 0 Å². The first-order chi connectivity index (χ1) is 8.61. The monoisotopic (exact) mass is 262 g/mol. The minimum absolute atomic E-state index is 0.340. The van der Waals surface area contributed by atoms with Crippen molar-refractivity contribution in [1.29, 1.82) is 0 Å². The summed E-state index contributed by atoms with van der Waals surface area (Å²) in [5.41, 5.74) is 2.48. The fourth-order valence-electron chi connectivity index (χ4n) is 1.64. The fraction of sp³-hybridized carbons (Fsp3) is 0.308. The molecule has 0 aromatic carbocycles. The summed E-state index contributed by atoms with van der Waals surface area (Å²) in [5, 5.41) is 9.88. The summed E-state index contributed by atoms with van der Waals surface area (Å²) in [4.78, 5) is 20.1. The van der Waals surface area contributed by atoms with Gasteiger partial charge in [0.15, 0.2) is 0 Å². The lowest BCUT2D eigenvalue weighted by molar-refractivity contribution is 0.0700. The molecule has 5 heteroatoms. The number of carboxylic acid groups (broad SMARTS) is 1. The van der Waals surface area contributed by atoms with E-state index in [0.29, 0.717) is 17.0 Å². The molecule has 4 nitrogen and oxygen atoms in total. The van der Waals surface area contributed by atoms with Crippen molar-refractivity contribution in [3.63, 3.8) is 0 Å². The third-order valence-electron chi connectivity index (χ3n) is 2.54. The van der Waals surface area contributed by atoms with Crippen LogP contribution in [0.4, 0.5) is 0 Å². The third-order valence-corrected chi connectivity index (χ3v) is 3.67. The molecule has 0 spiro atoms. The Morgan fingerprint density at radius 3 is 2.78 bits per heavy atom. The minimum Gasteiger partial charge on any atom is -0.477 e. The molecule has 0 saturated carbocycles. The highest BCUT2D eigenvalue weighted by Gasteiger charge is 2.17. The topological polar surface area (TPSA) is 63.1 Å². The standard InChI is InChI=1S/C13H14N2O2S/c1-3-4-10-11(13(16)17)18-12(15-10)9-6-5-8(2)14-7-9/h5-7H,3-4H2,1-2H3,(H,16,17). The van der Waals surface area contributed by atoms with Gasteiger partial charge >= 0.3 is 5.97 Å². The Bertz CT molecular complexity index is 561. The maximum atomic E-state index is 11.2. The van der Waals surface area contributed by atoms with Gasteiger partial charge in [0.2, 0.25) is 0 Å². The molecule has 0 aliphatic carbocycles. The van der Waals surface area contributed by atoms with Crippen molar-refractivity contribution >= 4 is 17.3 Å². The van der Waals surface area contributed by atoms with Crippen molar-refractivity contribution in [1.82, 2.24) is 9.97 Å². The van der Waals surface area contributed by atoms with Gasteiger partial charge in [0.05, 0.1) is 5.69 Å². The SMILES string of the molecule is CCCc1nc(-c2ccc(C)nc2)sc1C(=O)O. The van der Waals surface area contributed by atoms with Crippen LogP contribution in [0.3, 0.4) is 0 Å². The van der Waals surface area contributed by atoms with E-state index in [-0.39, 0.29) is 0 Å². The van der Waals surface area contributed by atoms with E-state index in [2.05, 4.69) is 9.97 Å². The number of carbonyl (C=O) groups is 1. The molecule has 18 heavy (non-hydrogen) atoms. The van der Waals surface area contributed by atoms with Crippen LogP contribution in [0.5, 0.6) is 0 Å². The average molecular weight is 262 g/mol. The predicted octanol–water partition coefficient (Wildman–Crippen LogP) is 3.16. The number of aromatic nitrogens is 2. The first-order valence-electron chi connectivity index (χ1n) is 5.78. The van der Waals surface area contributed by atoms with Crippen LogP contribution in [-0.4, -0.2) is 21.0 Å². The highest BCUT2D eigenvalue weighted by Crippen LogP contribution is 2.28. The molecule has 0 aliphatic rings.